The highest BCUT2D eigenvalue weighted by molar-refractivity contribution is 5.81. The Kier molecular flexibility index (Phi) is 4.50. The van der Waals surface area contributed by atoms with E-state index in [1.807, 2.05) is 13.1 Å². The van der Waals surface area contributed by atoms with Crippen LogP contribution in [0.3, 0.4) is 0 Å². The number of carbonyl (C=O) groups excluding carboxylic acids is 1. The van der Waals surface area contributed by atoms with E-state index >= 15 is 0 Å². The standard InChI is InChI=1S/C14H19F3N2O/c1-19-12(8-9-18-19)6-7-13(20)10-2-4-11(5-3-10)14(15,16)17/h8-11H,2-7H2,1H3. The number of hydrogen-bond donors (Lipinski definition) is 0. The first-order valence-corrected chi connectivity index (χ1v) is 6.94. The number of Topliss-reactive ketones (excluding diaryl/α,β-unsaturated/α-hetero) is 1. The molecule has 0 atom stereocenters. The fourth-order valence-corrected chi connectivity index (χ4v) is 2.84. The Morgan fingerprint density at radius 3 is 2.50 bits per heavy atom. The molecular weight excluding hydrogens is 269 g/mol. The summed E-state index contributed by atoms with van der Waals surface area (Å²) in [5, 5.41) is 4.02. The fourth-order valence-electron chi connectivity index (χ4n) is 2.84. The van der Waals surface area contributed by atoms with Crippen molar-refractivity contribution in [2.24, 2.45) is 18.9 Å². The van der Waals surface area contributed by atoms with Crippen LogP contribution in [0.1, 0.15) is 37.8 Å². The highest BCUT2D eigenvalue weighted by Gasteiger charge is 2.42. The maximum atomic E-state index is 12.6. The second kappa shape index (κ2) is 5.97. The topological polar surface area (TPSA) is 34.9 Å². The van der Waals surface area contributed by atoms with Gasteiger partial charge in [-0.3, -0.25) is 9.48 Å². The summed E-state index contributed by atoms with van der Waals surface area (Å²) in [5.74, 6) is -1.32. The van der Waals surface area contributed by atoms with Crippen molar-refractivity contribution in [3.63, 3.8) is 0 Å². The van der Waals surface area contributed by atoms with Gasteiger partial charge in [0.2, 0.25) is 0 Å². The smallest absolute Gasteiger partial charge is 0.299 e. The minimum Gasteiger partial charge on any atom is -0.299 e. The zero-order valence-electron chi connectivity index (χ0n) is 11.5. The molecule has 3 nitrogen and oxygen atoms in total. The number of rotatable bonds is 4. The highest BCUT2D eigenvalue weighted by Crippen LogP contribution is 2.39. The molecule has 1 saturated carbocycles. The second-order valence-corrected chi connectivity index (χ2v) is 5.50. The van der Waals surface area contributed by atoms with E-state index in [1.54, 1.807) is 10.9 Å². The van der Waals surface area contributed by atoms with Crippen LogP contribution in [0.5, 0.6) is 0 Å². The number of aryl methyl sites for hydroxylation is 2. The molecule has 1 aliphatic rings. The van der Waals surface area contributed by atoms with Crippen molar-refractivity contribution in [3.8, 4) is 0 Å². The summed E-state index contributed by atoms with van der Waals surface area (Å²) in [6.45, 7) is 0. The van der Waals surface area contributed by atoms with Crippen LogP contribution in [0.4, 0.5) is 13.2 Å². The van der Waals surface area contributed by atoms with Gasteiger partial charge in [-0.15, -0.1) is 0 Å². The molecule has 0 radical (unpaired) electrons. The highest BCUT2D eigenvalue weighted by atomic mass is 19.4. The Morgan fingerprint density at radius 2 is 2.00 bits per heavy atom. The number of halogens is 3. The summed E-state index contributed by atoms with van der Waals surface area (Å²) in [5.41, 5.74) is 0.974. The minimum atomic E-state index is -4.11. The molecule has 6 heteroatoms. The molecule has 1 aliphatic carbocycles. The molecule has 0 spiro atoms. The van der Waals surface area contributed by atoms with E-state index in [4.69, 9.17) is 0 Å². The van der Waals surface area contributed by atoms with E-state index in [0.29, 0.717) is 25.7 Å². The van der Waals surface area contributed by atoms with Gasteiger partial charge in [-0.05, 0) is 38.2 Å². The lowest BCUT2D eigenvalue weighted by Crippen LogP contribution is -2.30. The maximum Gasteiger partial charge on any atom is 0.391 e. The summed E-state index contributed by atoms with van der Waals surface area (Å²) in [6, 6.07) is 1.85. The number of hydrogen-bond acceptors (Lipinski definition) is 2. The molecule has 1 heterocycles. The number of carbonyl (C=O) groups is 1. The third kappa shape index (κ3) is 3.61. The Labute approximate surface area is 116 Å². The van der Waals surface area contributed by atoms with Crippen molar-refractivity contribution < 1.29 is 18.0 Å². The molecule has 0 bridgehead atoms. The van der Waals surface area contributed by atoms with Crippen LogP contribution in [-0.2, 0) is 18.3 Å². The van der Waals surface area contributed by atoms with Gasteiger partial charge in [-0.2, -0.15) is 18.3 Å². The minimum absolute atomic E-state index is 0.0889. The monoisotopic (exact) mass is 288 g/mol. The number of aromatic nitrogens is 2. The number of alkyl halides is 3. The van der Waals surface area contributed by atoms with Crippen LogP contribution in [0, 0.1) is 11.8 Å². The molecule has 20 heavy (non-hydrogen) atoms. The van der Waals surface area contributed by atoms with E-state index in [2.05, 4.69) is 5.10 Å². The third-order valence-corrected chi connectivity index (χ3v) is 4.20. The van der Waals surface area contributed by atoms with Gasteiger partial charge in [0.1, 0.15) is 5.78 Å². The van der Waals surface area contributed by atoms with Crippen LogP contribution < -0.4 is 0 Å². The first-order chi connectivity index (χ1) is 9.38. The first kappa shape index (κ1) is 15.1. The lowest BCUT2D eigenvalue weighted by molar-refractivity contribution is -0.184. The second-order valence-electron chi connectivity index (χ2n) is 5.50. The zero-order chi connectivity index (χ0) is 14.8. The van der Waals surface area contributed by atoms with Crippen LogP contribution >= 0.6 is 0 Å². The average Bonchev–Trinajstić information content (AvgIpc) is 2.81. The Hall–Kier alpha value is -1.33. The normalized spacial score (nSPS) is 23.8. The molecule has 0 aliphatic heterocycles. The van der Waals surface area contributed by atoms with Crippen molar-refractivity contribution in [1.29, 1.82) is 0 Å². The lowest BCUT2D eigenvalue weighted by atomic mass is 9.79. The molecular formula is C14H19F3N2O. The maximum absolute atomic E-state index is 12.6. The lowest BCUT2D eigenvalue weighted by Gasteiger charge is -2.29. The van der Waals surface area contributed by atoms with Crippen molar-refractivity contribution in [2.45, 2.75) is 44.7 Å². The molecule has 1 aromatic heterocycles. The van der Waals surface area contributed by atoms with E-state index in [0.717, 1.165) is 5.69 Å². The zero-order valence-corrected chi connectivity index (χ0v) is 11.5. The molecule has 1 aromatic rings. The summed E-state index contributed by atoms with van der Waals surface area (Å²) >= 11 is 0. The van der Waals surface area contributed by atoms with E-state index in [1.165, 1.54) is 0 Å². The van der Waals surface area contributed by atoms with Gasteiger partial charge < -0.3 is 0 Å². The third-order valence-electron chi connectivity index (χ3n) is 4.20. The van der Waals surface area contributed by atoms with Gasteiger partial charge >= 0.3 is 6.18 Å². The Balaban J connectivity index is 1.79. The molecule has 2 rings (SSSR count). The first-order valence-electron chi connectivity index (χ1n) is 6.94. The summed E-state index contributed by atoms with van der Waals surface area (Å²) in [6.07, 6.45) is -0.521. The molecule has 0 saturated heterocycles. The van der Waals surface area contributed by atoms with Gasteiger partial charge in [0.05, 0.1) is 5.92 Å². The molecule has 0 N–H and O–H groups in total. The Bertz CT molecular complexity index is 459. The van der Waals surface area contributed by atoms with E-state index < -0.39 is 12.1 Å². The fraction of sp³-hybridized carbons (Fsp3) is 0.714. The molecule has 112 valence electrons. The van der Waals surface area contributed by atoms with Gasteiger partial charge in [0, 0.05) is 31.3 Å². The summed E-state index contributed by atoms with van der Waals surface area (Å²) in [4.78, 5) is 12.1. The van der Waals surface area contributed by atoms with Crippen molar-refractivity contribution in [3.05, 3.63) is 18.0 Å². The predicted molar refractivity (Wildman–Crippen MR) is 68.0 cm³/mol. The number of ketones is 1. The quantitative estimate of drug-likeness (QED) is 0.852. The summed E-state index contributed by atoms with van der Waals surface area (Å²) < 4.78 is 39.4. The van der Waals surface area contributed by atoms with Crippen molar-refractivity contribution in [1.82, 2.24) is 9.78 Å². The van der Waals surface area contributed by atoms with Gasteiger partial charge in [0.25, 0.3) is 0 Å². The predicted octanol–water partition coefficient (Wildman–Crippen LogP) is 3.29. The Morgan fingerprint density at radius 1 is 1.35 bits per heavy atom. The van der Waals surface area contributed by atoms with Crippen LogP contribution in [-0.4, -0.2) is 21.7 Å². The van der Waals surface area contributed by atoms with Crippen molar-refractivity contribution in [2.75, 3.05) is 0 Å². The van der Waals surface area contributed by atoms with E-state index in [9.17, 15) is 18.0 Å². The molecule has 1 fully saturated rings. The summed E-state index contributed by atoms with van der Waals surface area (Å²) in [7, 11) is 1.81. The van der Waals surface area contributed by atoms with Gasteiger partial charge in [-0.1, -0.05) is 0 Å². The van der Waals surface area contributed by atoms with Crippen molar-refractivity contribution >= 4 is 5.78 Å². The average molecular weight is 288 g/mol. The molecule has 0 amide bonds. The van der Waals surface area contributed by atoms with Crippen LogP contribution in [0.2, 0.25) is 0 Å². The molecule has 0 unspecified atom stereocenters. The molecule has 0 aromatic carbocycles. The van der Waals surface area contributed by atoms with Gasteiger partial charge in [0.15, 0.2) is 0 Å². The largest absolute Gasteiger partial charge is 0.391 e. The van der Waals surface area contributed by atoms with Crippen LogP contribution in [0.25, 0.3) is 0 Å². The van der Waals surface area contributed by atoms with Crippen LogP contribution in [0.15, 0.2) is 12.3 Å². The number of nitrogens with zero attached hydrogens (tertiary/aromatic N) is 2. The van der Waals surface area contributed by atoms with Gasteiger partial charge in [-0.25, -0.2) is 0 Å². The SMILES string of the molecule is Cn1nccc1CCC(=O)C1CCC(C(F)(F)F)CC1. The van der Waals surface area contributed by atoms with E-state index in [-0.39, 0.29) is 24.5 Å².